The lowest BCUT2D eigenvalue weighted by Gasteiger charge is -2.24. The van der Waals surface area contributed by atoms with Crippen molar-refractivity contribution in [3.05, 3.63) is 57.8 Å². The average molecular weight is 402 g/mol. The van der Waals surface area contributed by atoms with Crippen molar-refractivity contribution in [1.29, 1.82) is 0 Å². The normalized spacial score (nSPS) is 12.7. The second-order valence-corrected chi connectivity index (χ2v) is 7.95. The van der Waals surface area contributed by atoms with Crippen LogP contribution < -0.4 is 10.6 Å². The van der Waals surface area contributed by atoms with Gasteiger partial charge in [-0.2, -0.15) is 0 Å². The number of benzene rings is 1. The van der Waals surface area contributed by atoms with E-state index in [0.717, 1.165) is 24.6 Å². The lowest BCUT2D eigenvalue weighted by atomic mass is 10.1. The summed E-state index contributed by atoms with van der Waals surface area (Å²) in [4.78, 5) is 21.8. The lowest BCUT2D eigenvalue weighted by Crippen LogP contribution is -2.41. The highest BCUT2D eigenvalue weighted by Gasteiger charge is 2.15. The van der Waals surface area contributed by atoms with Crippen molar-refractivity contribution in [3.8, 4) is 0 Å². The topological polar surface area (TPSA) is 60.0 Å². The summed E-state index contributed by atoms with van der Waals surface area (Å²) in [6.45, 7) is 4.18. The summed E-state index contributed by atoms with van der Waals surface area (Å²) in [5.41, 5.74) is 1.75. The number of carbonyl (C=O) groups excluding carboxylic acids is 1. The number of rotatable bonds is 8. The predicted molar refractivity (Wildman–Crippen MR) is 118 cm³/mol. The largest absolute Gasteiger partial charge is 0.357 e. The van der Waals surface area contributed by atoms with E-state index >= 15 is 0 Å². The van der Waals surface area contributed by atoms with Crippen LogP contribution >= 0.6 is 11.3 Å². The van der Waals surface area contributed by atoms with Crippen molar-refractivity contribution in [3.63, 3.8) is 0 Å². The molecule has 0 aliphatic carbocycles. The minimum absolute atomic E-state index is 0.00774. The quantitative estimate of drug-likeness (QED) is 0.528. The zero-order valence-corrected chi connectivity index (χ0v) is 18.2. The summed E-state index contributed by atoms with van der Waals surface area (Å²) in [5, 5.41) is 8.86. The van der Waals surface area contributed by atoms with Gasteiger partial charge in [0.25, 0.3) is 5.91 Å². The standard InChI is InChI=1S/C21H31N5OS/c1-6-22-21(24-15-18(25(2)3)19-8-7-13-28-19)23-14-16-9-11-17(12-10-16)20(27)26(4)5/h7-13,18H,6,14-15H2,1-5H3,(H2,22,23,24). The van der Waals surface area contributed by atoms with Crippen LogP contribution in [0.5, 0.6) is 0 Å². The van der Waals surface area contributed by atoms with Crippen molar-refractivity contribution in [2.24, 2.45) is 4.99 Å². The number of amides is 1. The smallest absolute Gasteiger partial charge is 0.253 e. The van der Waals surface area contributed by atoms with Crippen LogP contribution in [0.25, 0.3) is 0 Å². The van der Waals surface area contributed by atoms with Gasteiger partial charge in [-0.25, -0.2) is 4.99 Å². The zero-order valence-electron chi connectivity index (χ0n) is 17.4. The van der Waals surface area contributed by atoms with Crippen molar-refractivity contribution in [2.45, 2.75) is 19.5 Å². The Morgan fingerprint density at radius 3 is 2.36 bits per heavy atom. The molecule has 0 fully saturated rings. The third-order valence-electron chi connectivity index (χ3n) is 4.33. The molecule has 2 aromatic rings. The van der Waals surface area contributed by atoms with E-state index in [1.165, 1.54) is 4.88 Å². The third kappa shape index (κ3) is 6.35. The molecule has 1 aromatic carbocycles. The van der Waals surface area contributed by atoms with Gasteiger partial charge in [-0.3, -0.25) is 4.79 Å². The van der Waals surface area contributed by atoms with E-state index < -0.39 is 0 Å². The molecular formula is C21H31N5OS. The Bertz CT molecular complexity index is 754. The fourth-order valence-corrected chi connectivity index (χ4v) is 3.66. The highest BCUT2D eigenvalue weighted by atomic mass is 32.1. The summed E-state index contributed by atoms with van der Waals surface area (Å²) in [5.74, 6) is 0.799. The third-order valence-corrected chi connectivity index (χ3v) is 5.30. The molecular weight excluding hydrogens is 370 g/mol. The fraction of sp³-hybridized carbons (Fsp3) is 0.429. The van der Waals surface area contributed by atoms with Gasteiger partial charge in [-0.1, -0.05) is 18.2 Å². The molecule has 6 nitrogen and oxygen atoms in total. The summed E-state index contributed by atoms with van der Waals surface area (Å²) >= 11 is 1.77. The Morgan fingerprint density at radius 2 is 1.82 bits per heavy atom. The molecule has 1 heterocycles. The number of hydrogen-bond donors (Lipinski definition) is 2. The van der Waals surface area contributed by atoms with Crippen molar-refractivity contribution in [2.75, 3.05) is 41.3 Å². The first-order valence-corrected chi connectivity index (χ1v) is 10.3. The SMILES string of the molecule is CCNC(=NCc1ccc(C(=O)N(C)C)cc1)NCC(c1cccs1)N(C)C. The van der Waals surface area contributed by atoms with Crippen LogP contribution in [0, 0.1) is 0 Å². The van der Waals surface area contributed by atoms with Gasteiger partial charge in [0, 0.05) is 37.6 Å². The lowest BCUT2D eigenvalue weighted by molar-refractivity contribution is 0.0827. The van der Waals surface area contributed by atoms with Gasteiger partial charge in [0.1, 0.15) is 0 Å². The van der Waals surface area contributed by atoms with Crippen LogP contribution in [0.1, 0.15) is 33.8 Å². The van der Waals surface area contributed by atoms with Crippen LogP contribution in [0.4, 0.5) is 0 Å². The Morgan fingerprint density at radius 1 is 1.11 bits per heavy atom. The molecule has 1 unspecified atom stereocenters. The molecule has 1 amide bonds. The van der Waals surface area contributed by atoms with Gasteiger partial charge in [0.15, 0.2) is 5.96 Å². The number of hydrogen-bond acceptors (Lipinski definition) is 4. The van der Waals surface area contributed by atoms with Gasteiger partial charge < -0.3 is 20.4 Å². The molecule has 152 valence electrons. The molecule has 1 atom stereocenters. The Kier molecular flexibility index (Phi) is 8.47. The van der Waals surface area contributed by atoms with Gasteiger partial charge in [0.05, 0.1) is 12.6 Å². The van der Waals surface area contributed by atoms with Gasteiger partial charge in [-0.05, 0) is 50.2 Å². The molecule has 0 radical (unpaired) electrons. The molecule has 0 aliphatic heterocycles. The minimum Gasteiger partial charge on any atom is -0.357 e. The predicted octanol–water partition coefficient (Wildman–Crippen LogP) is 2.81. The molecule has 2 rings (SSSR count). The van der Waals surface area contributed by atoms with Gasteiger partial charge in [0.2, 0.25) is 0 Å². The van der Waals surface area contributed by atoms with Gasteiger partial charge >= 0.3 is 0 Å². The maximum absolute atomic E-state index is 12.0. The molecule has 28 heavy (non-hydrogen) atoms. The van der Waals surface area contributed by atoms with E-state index in [9.17, 15) is 4.79 Å². The Balaban J connectivity index is 2.00. The summed E-state index contributed by atoms with van der Waals surface area (Å²) in [6.07, 6.45) is 0. The average Bonchev–Trinajstić information content (AvgIpc) is 3.20. The second-order valence-electron chi connectivity index (χ2n) is 6.97. The van der Waals surface area contributed by atoms with E-state index in [4.69, 9.17) is 0 Å². The zero-order chi connectivity index (χ0) is 20.5. The van der Waals surface area contributed by atoms with E-state index in [1.807, 2.05) is 24.3 Å². The van der Waals surface area contributed by atoms with Crippen LogP contribution in [0.2, 0.25) is 0 Å². The van der Waals surface area contributed by atoms with Crippen LogP contribution in [-0.4, -0.2) is 62.9 Å². The first-order valence-electron chi connectivity index (χ1n) is 9.45. The molecule has 0 aliphatic rings. The van der Waals surface area contributed by atoms with E-state index in [0.29, 0.717) is 18.2 Å². The van der Waals surface area contributed by atoms with E-state index in [1.54, 1.807) is 30.3 Å². The highest BCUT2D eigenvalue weighted by Crippen LogP contribution is 2.22. The summed E-state index contributed by atoms with van der Waals surface area (Å²) < 4.78 is 0. The van der Waals surface area contributed by atoms with Crippen LogP contribution in [0.3, 0.4) is 0 Å². The number of guanidine groups is 1. The highest BCUT2D eigenvalue weighted by molar-refractivity contribution is 7.10. The fourth-order valence-electron chi connectivity index (χ4n) is 2.73. The van der Waals surface area contributed by atoms with Crippen LogP contribution in [-0.2, 0) is 6.54 Å². The maximum Gasteiger partial charge on any atom is 0.253 e. The van der Waals surface area contributed by atoms with E-state index in [-0.39, 0.29) is 5.91 Å². The summed E-state index contributed by atoms with van der Waals surface area (Å²) in [6, 6.07) is 12.2. The number of thiophene rings is 1. The maximum atomic E-state index is 12.0. The first kappa shape index (κ1) is 21.9. The first-order chi connectivity index (χ1) is 13.4. The molecule has 0 bridgehead atoms. The number of nitrogens with zero attached hydrogens (tertiary/aromatic N) is 3. The number of carbonyl (C=O) groups is 1. The second kappa shape index (κ2) is 10.8. The molecule has 1 aromatic heterocycles. The molecule has 0 saturated carbocycles. The van der Waals surface area contributed by atoms with Crippen LogP contribution in [0.15, 0.2) is 46.8 Å². The Hall–Kier alpha value is -2.38. The number of aliphatic imine (C=N–C) groups is 1. The number of likely N-dealkylation sites (N-methyl/N-ethyl adjacent to an activating group) is 1. The minimum atomic E-state index is 0.00774. The molecule has 0 saturated heterocycles. The summed E-state index contributed by atoms with van der Waals surface area (Å²) in [7, 11) is 7.69. The molecule has 0 spiro atoms. The van der Waals surface area contributed by atoms with Crippen molar-refractivity contribution >= 4 is 23.2 Å². The monoisotopic (exact) mass is 401 g/mol. The van der Waals surface area contributed by atoms with E-state index in [2.05, 4.69) is 59.1 Å². The van der Waals surface area contributed by atoms with Crippen molar-refractivity contribution < 1.29 is 4.79 Å². The number of nitrogens with one attached hydrogen (secondary N) is 2. The van der Waals surface area contributed by atoms with Crippen molar-refractivity contribution in [1.82, 2.24) is 20.4 Å². The van der Waals surface area contributed by atoms with Gasteiger partial charge in [-0.15, -0.1) is 11.3 Å². The molecule has 2 N–H and O–H groups in total. The Labute approximate surface area is 172 Å². The molecule has 7 heteroatoms.